The van der Waals surface area contributed by atoms with Crippen LogP contribution in [0.5, 0.6) is 11.6 Å². The molecule has 212 valence electrons. The first-order chi connectivity index (χ1) is 20.5. The van der Waals surface area contributed by atoms with Gasteiger partial charge in [0, 0.05) is 54.2 Å². The smallest absolute Gasteiger partial charge is 0.407 e. The number of amides is 1. The van der Waals surface area contributed by atoms with Gasteiger partial charge in [-0.2, -0.15) is 0 Å². The molecule has 1 saturated heterocycles. The molecule has 42 heavy (non-hydrogen) atoms. The summed E-state index contributed by atoms with van der Waals surface area (Å²) in [5.41, 5.74) is 4.29. The SMILES string of the molecule is Cc1ccc2c(NCc3ccccn3)cccc2c1Oc1ncccc1-c1ccnc(N[C@H]2CCCN(C(=O)O)C2)n1. The molecule has 1 aliphatic heterocycles. The molecule has 6 rings (SSSR count). The lowest BCUT2D eigenvalue weighted by Gasteiger charge is -2.31. The highest BCUT2D eigenvalue weighted by atomic mass is 16.5. The maximum Gasteiger partial charge on any atom is 0.407 e. The lowest BCUT2D eigenvalue weighted by Crippen LogP contribution is -2.44. The van der Waals surface area contributed by atoms with Crippen molar-refractivity contribution in [1.29, 1.82) is 0 Å². The van der Waals surface area contributed by atoms with Crippen LogP contribution in [0.15, 0.2) is 85.3 Å². The van der Waals surface area contributed by atoms with Gasteiger partial charge in [-0.25, -0.2) is 19.7 Å². The zero-order valence-electron chi connectivity index (χ0n) is 23.2. The van der Waals surface area contributed by atoms with E-state index in [-0.39, 0.29) is 6.04 Å². The van der Waals surface area contributed by atoms with Gasteiger partial charge in [0.05, 0.1) is 23.5 Å². The van der Waals surface area contributed by atoms with Crippen molar-refractivity contribution in [3.8, 4) is 22.9 Å². The minimum atomic E-state index is -0.909. The Balaban J connectivity index is 1.27. The van der Waals surface area contributed by atoms with E-state index in [0.29, 0.717) is 37.2 Å². The van der Waals surface area contributed by atoms with Gasteiger partial charge in [0.2, 0.25) is 11.8 Å². The molecule has 10 nitrogen and oxygen atoms in total. The molecule has 3 N–H and O–H groups in total. The van der Waals surface area contributed by atoms with E-state index in [2.05, 4.69) is 31.7 Å². The van der Waals surface area contributed by atoms with E-state index < -0.39 is 6.09 Å². The maximum atomic E-state index is 11.4. The Morgan fingerprint density at radius 1 is 0.976 bits per heavy atom. The molecule has 0 saturated carbocycles. The number of piperidine rings is 1. The Morgan fingerprint density at radius 3 is 2.74 bits per heavy atom. The van der Waals surface area contributed by atoms with Crippen LogP contribution in [0.25, 0.3) is 22.0 Å². The number of carbonyl (C=O) groups is 1. The number of benzene rings is 2. The molecule has 0 unspecified atom stereocenters. The Bertz CT molecular complexity index is 1710. The molecule has 1 aliphatic rings. The highest BCUT2D eigenvalue weighted by Crippen LogP contribution is 2.38. The fourth-order valence-electron chi connectivity index (χ4n) is 5.21. The van der Waals surface area contributed by atoms with Crippen LogP contribution in [0.4, 0.5) is 16.4 Å². The van der Waals surface area contributed by atoms with Crippen molar-refractivity contribution in [1.82, 2.24) is 24.8 Å². The molecule has 1 atom stereocenters. The summed E-state index contributed by atoms with van der Waals surface area (Å²) >= 11 is 0. The first kappa shape index (κ1) is 26.9. The fourth-order valence-corrected chi connectivity index (χ4v) is 5.21. The lowest BCUT2D eigenvalue weighted by molar-refractivity contribution is 0.132. The number of pyridine rings is 2. The van der Waals surface area contributed by atoms with E-state index in [1.54, 1.807) is 18.6 Å². The summed E-state index contributed by atoms with van der Waals surface area (Å²) in [4.78, 5) is 31.0. The van der Waals surface area contributed by atoms with Gasteiger partial charge in [-0.05, 0) is 61.7 Å². The number of nitrogens with one attached hydrogen (secondary N) is 2. The topological polar surface area (TPSA) is 125 Å². The van der Waals surface area contributed by atoms with Gasteiger partial charge in [0.1, 0.15) is 5.75 Å². The van der Waals surface area contributed by atoms with E-state index in [4.69, 9.17) is 9.72 Å². The second-order valence-electron chi connectivity index (χ2n) is 10.2. The number of aryl methyl sites for hydroxylation is 1. The van der Waals surface area contributed by atoms with E-state index in [1.165, 1.54) is 4.90 Å². The number of aromatic nitrogens is 4. The van der Waals surface area contributed by atoms with E-state index in [1.807, 2.05) is 67.6 Å². The standard InChI is InChI=1S/C32H31N7O3/c1-21-12-13-24-25(9-4-11-27(24)36-19-22-7-2-3-15-33-22)29(21)42-30-26(10-5-16-34-30)28-14-17-35-31(38-28)37-23-8-6-18-39(20-23)32(40)41/h2-5,7,9-17,23,36H,6,8,18-20H2,1H3,(H,40,41)(H,35,37,38)/t23-/m0/s1. The van der Waals surface area contributed by atoms with Crippen LogP contribution >= 0.6 is 0 Å². The van der Waals surface area contributed by atoms with Crippen molar-refractivity contribution in [3.05, 3.63) is 96.6 Å². The van der Waals surface area contributed by atoms with E-state index >= 15 is 0 Å². The zero-order valence-corrected chi connectivity index (χ0v) is 23.2. The molecular formula is C32H31N7O3. The largest absolute Gasteiger partial charge is 0.465 e. The summed E-state index contributed by atoms with van der Waals surface area (Å²) < 4.78 is 6.55. The summed E-state index contributed by atoms with van der Waals surface area (Å²) in [6.45, 7) is 3.56. The van der Waals surface area contributed by atoms with E-state index in [9.17, 15) is 9.90 Å². The number of hydrogen-bond donors (Lipinski definition) is 3. The number of rotatable bonds is 8. The number of ether oxygens (including phenoxy) is 1. The van der Waals surface area contributed by atoms with Crippen LogP contribution < -0.4 is 15.4 Å². The fraction of sp³-hybridized carbons (Fsp3) is 0.219. The second-order valence-corrected chi connectivity index (χ2v) is 10.2. The third kappa shape index (κ3) is 5.92. The van der Waals surface area contributed by atoms with Gasteiger partial charge in [-0.15, -0.1) is 0 Å². The van der Waals surface area contributed by atoms with Crippen LogP contribution in [-0.2, 0) is 6.54 Å². The quantitative estimate of drug-likeness (QED) is 0.199. The normalized spacial score (nSPS) is 14.9. The molecule has 10 heteroatoms. The summed E-state index contributed by atoms with van der Waals surface area (Å²) in [5.74, 6) is 1.58. The maximum absolute atomic E-state index is 11.4. The molecule has 2 aromatic carbocycles. The van der Waals surface area contributed by atoms with Crippen LogP contribution in [0.1, 0.15) is 24.1 Å². The van der Waals surface area contributed by atoms with Crippen molar-refractivity contribution in [3.63, 3.8) is 0 Å². The van der Waals surface area contributed by atoms with Gasteiger partial charge >= 0.3 is 6.09 Å². The molecule has 5 aromatic rings. The van der Waals surface area contributed by atoms with Gasteiger partial charge in [0.25, 0.3) is 0 Å². The highest BCUT2D eigenvalue weighted by Gasteiger charge is 2.24. The molecule has 1 amide bonds. The number of fused-ring (bicyclic) bond motifs is 1. The second kappa shape index (κ2) is 12.1. The van der Waals surface area contributed by atoms with Crippen LogP contribution in [0.2, 0.25) is 0 Å². The third-order valence-electron chi connectivity index (χ3n) is 7.32. The highest BCUT2D eigenvalue weighted by molar-refractivity contribution is 5.98. The van der Waals surface area contributed by atoms with Crippen molar-refractivity contribution in [2.45, 2.75) is 32.4 Å². The molecule has 4 heterocycles. The average Bonchev–Trinajstić information content (AvgIpc) is 3.02. The number of hydrogen-bond acceptors (Lipinski definition) is 8. The Kier molecular flexibility index (Phi) is 7.76. The lowest BCUT2D eigenvalue weighted by atomic mass is 10.0. The van der Waals surface area contributed by atoms with Gasteiger partial charge in [0.15, 0.2) is 0 Å². The van der Waals surface area contributed by atoms with Gasteiger partial charge in [-0.1, -0.05) is 30.3 Å². The molecule has 3 aromatic heterocycles. The molecule has 0 radical (unpaired) electrons. The van der Waals surface area contributed by atoms with Crippen LogP contribution in [0.3, 0.4) is 0 Å². The van der Waals surface area contributed by atoms with Crippen molar-refractivity contribution < 1.29 is 14.6 Å². The molecule has 1 fully saturated rings. The Hall–Kier alpha value is -5.25. The predicted molar refractivity (Wildman–Crippen MR) is 162 cm³/mol. The number of anilines is 2. The summed E-state index contributed by atoms with van der Waals surface area (Å²) in [6.07, 6.45) is 5.89. The third-order valence-corrected chi connectivity index (χ3v) is 7.32. The zero-order chi connectivity index (χ0) is 28.9. The molecule has 0 spiro atoms. The molecule has 0 aliphatic carbocycles. The number of likely N-dealkylation sites (tertiary alicyclic amines) is 1. The van der Waals surface area contributed by atoms with Crippen molar-refractivity contribution in [2.75, 3.05) is 23.7 Å². The minimum Gasteiger partial charge on any atom is -0.465 e. The van der Waals surface area contributed by atoms with Crippen molar-refractivity contribution >= 4 is 28.5 Å². The van der Waals surface area contributed by atoms with Crippen molar-refractivity contribution in [2.24, 2.45) is 0 Å². The monoisotopic (exact) mass is 561 g/mol. The van der Waals surface area contributed by atoms with Crippen LogP contribution in [0, 0.1) is 6.92 Å². The number of nitrogens with zero attached hydrogens (tertiary/aromatic N) is 5. The van der Waals surface area contributed by atoms with E-state index in [0.717, 1.165) is 51.9 Å². The van der Waals surface area contributed by atoms with Gasteiger partial charge < -0.3 is 25.4 Å². The Morgan fingerprint density at radius 2 is 1.88 bits per heavy atom. The summed E-state index contributed by atoms with van der Waals surface area (Å²) in [6, 6.07) is 21.6. The van der Waals surface area contributed by atoms with Gasteiger partial charge in [-0.3, -0.25) is 4.98 Å². The van der Waals surface area contributed by atoms with Crippen LogP contribution in [-0.4, -0.2) is 55.2 Å². The number of carboxylic acid groups (broad SMARTS) is 1. The minimum absolute atomic E-state index is 0.0615. The summed E-state index contributed by atoms with van der Waals surface area (Å²) in [5, 5.41) is 18.2. The average molecular weight is 562 g/mol. The Labute approximate surface area is 243 Å². The molecular weight excluding hydrogens is 530 g/mol. The first-order valence-electron chi connectivity index (χ1n) is 13.9. The summed E-state index contributed by atoms with van der Waals surface area (Å²) in [7, 11) is 0. The first-order valence-corrected chi connectivity index (χ1v) is 13.9. The predicted octanol–water partition coefficient (Wildman–Crippen LogP) is 6.35. The molecule has 0 bridgehead atoms.